The highest BCUT2D eigenvalue weighted by molar-refractivity contribution is 5.41. The minimum absolute atomic E-state index is 0.0119. The Balaban J connectivity index is 2.72. The molecule has 0 fully saturated rings. The van der Waals surface area contributed by atoms with Crippen LogP contribution < -0.4 is 0 Å². The first-order chi connectivity index (χ1) is 8.21. The van der Waals surface area contributed by atoms with E-state index < -0.39 is 24.5 Å². The van der Waals surface area contributed by atoms with E-state index in [0.717, 1.165) is 0 Å². The summed E-state index contributed by atoms with van der Waals surface area (Å²) in [5.74, 6) is -1.67. The minimum Gasteiger partial charge on any atom is -0.205 e. The fourth-order valence-electron chi connectivity index (χ4n) is 1.56. The van der Waals surface area contributed by atoms with Gasteiger partial charge in [0.1, 0.15) is 11.9 Å². The molecule has 1 aliphatic carbocycles. The highest BCUT2D eigenvalue weighted by Gasteiger charge is 2.19. The third-order valence-corrected chi connectivity index (χ3v) is 2.32. The lowest BCUT2D eigenvalue weighted by molar-refractivity contribution is 0.481. The van der Waals surface area contributed by atoms with E-state index in [9.17, 15) is 4.39 Å². The third-order valence-electron chi connectivity index (χ3n) is 2.32. The first-order valence-electron chi connectivity index (χ1n) is 6.44. The summed E-state index contributed by atoms with van der Waals surface area (Å²) in [4.78, 5) is 0. The molecule has 0 saturated carbocycles. The van der Waals surface area contributed by atoms with Gasteiger partial charge in [0, 0.05) is 5.48 Å². The molecule has 0 spiro atoms. The van der Waals surface area contributed by atoms with Crippen LogP contribution in [0, 0.1) is 23.1 Å². The van der Waals surface area contributed by atoms with Crippen molar-refractivity contribution in [3.8, 4) is 6.07 Å². The summed E-state index contributed by atoms with van der Waals surface area (Å²) >= 11 is 0. The predicted molar refractivity (Wildman–Crippen MR) is 52.3 cm³/mol. The Bertz CT molecular complexity index is 548. The van der Waals surface area contributed by atoms with Crippen LogP contribution in [-0.4, -0.2) is 0 Å². The molecule has 1 aliphatic rings. The van der Waals surface area contributed by atoms with Crippen molar-refractivity contribution in [1.82, 2.24) is 0 Å². The number of fused-ring (bicyclic) bond motifs is 1. The summed E-state index contributed by atoms with van der Waals surface area (Å²) in [6, 6.07) is 4.33. The smallest absolute Gasteiger partial charge is 0.144 e. The summed E-state index contributed by atoms with van der Waals surface area (Å²) in [7, 11) is 0. The summed E-state index contributed by atoms with van der Waals surface area (Å²) < 4.78 is 45.6. The molecule has 0 radical (unpaired) electrons. The van der Waals surface area contributed by atoms with Crippen LogP contribution in [0.25, 0.3) is 0 Å². The fraction of sp³-hybridized carbons (Fsp3) is 0.417. The first kappa shape index (κ1) is 5.50. The third kappa shape index (κ3) is 1.39. The van der Waals surface area contributed by atoms with Gasteiger partial charge in [-0.05, 0) is 42.3 Å². The topological polar surface area (TPSA) is 23.8 Å². The zero-order valence-electron chi connectivity index (χ0n) is 11.8. The molecule has 14 heavy (non-hydrogen) atoms. The summed E-state index contributed by atoms with van der Waals surface area (Å²) in [6.07, 6.45) is -3.97. The molecule has 1 unspecified atom stereocenters. The number of hydrogen-bond donors (Lipinski definition) is 0. The van der Waals surface area contributed by atoms with E-state index in [-0.39, 0.29) is 23.1 Å². The molecule has 0 heterocycles. The summed E-state index contributed by atoms with van der Waals surface area (Å²) in [5.41, 5.74) is -0.0290. The molecule has 72 valence electrons. The average Bonchev–Trinajstić information content (AvgIpc) is 2.28. The SMILES string of the molecule is [2H]C1([2H])Cc2c(ccc(C#N)c2F)C([2H])([2H])C1C. The lowest BCUT2D eigenvalue weighted by Crippen LogP contribution is -2.13. The molecule has 0 amide bonds. The van der Waals surface area contributed by atoms with Gasteiger partial charge < -0.3 is 0 Å². The molecule has 0 N–H and O–H groups in total. The normalized spacial score (nSPS) is 31.4. The van der Waals surface area contributed by atoms with E-state index in [1.807, 2.05) is 0 Å². The average molecular weight is 193 g/mol. The van der Waals surface area contributed by atoms with Gasteiger partial charge in [0.25, 0.3) is 0 Å². The van der Waals surface area contributed by atoms with Gasteiger partial charge in [0.15, 0.2) is 0 Å². The number of rotatable bonds is 0. The summed E-state index contributed by atoms with van der Waals surface area (Å²) in [5, 5.41) is 8.75. The summed E-state index contributed by atoms with van der Waals surface area (Å²) in [6.45, 7) is 1.49. The van der Waals surface area contributed by atoms with Crippen molar-refractivity contribution in [2.75, 3.05) is 0 Å². The van der Waals surface area contributed by atoms with E-state index >= 15 is 0 Å². The van der Waals surface area contributed by atoms with Crippen LogP contribution in [0.5, 0.6) is 0 Å². The van der Waals surface area contributed by atoms with Gasteiger partial charge in [-0.2, -0.15) is 5.26 Å². The number of benzene rings is 1. The molecule has 1 aromatic rings. The molecule has 2 heteroatoms. The predicted octanol–water partition coefficient (Wildman–Crippen LogP) is 2.82. The molecule has 2 rings (SSSR count). The van der Waals surface area contributed by atoms with Gasteiger partial charge in [-0.1, -0.05) is 13.0 Å². The highest BCUT2D eigenvalue weighted by atomic mass is 19.1. The highest BCUT2D eigenvalue weighted by Crippen LogP contribution is 2.28. The van der Waals surface area contributed by atoms with Crippen LogP contribution in [-0.2, 0) is 12.8 Å². The zero-order chi connectivity index (χ0) is 13.7. The van der Waals surface area contributed by atoms with Gasteiger partial charge in [0.05, 0.1) is 5.56 Å². The molecule has 0 aliphatic heterocycles. The van der Waals surface area contributed by atoms with Gasteiger partial charge >= 0.3 is 0 Å². The van der Waals surface area contributed by atoms with Crippen LogP contribution in [0.4, 0.5) is 4.39 Å². The van der Waals surface area contributed by atoms with Crippen molar-refractivity contribution < 1.29 is 9.87 Å². The van der Waals surface area contributed by atoms with Crippen molar-refractivity contribution in [3.05, 3.63) is 34.6 Å². The maximum atomic E-state index is 14.0. The number of nitrogens with zero attached hydrogens (tertiary/aromatic N) is 1. The molecule has 0 bridgehead atoms. The Hall–Kier alpha value is -1.36. The Morgan fingerprint density at radius 2 is 2.43 bits per heavy atom. The van der Waals surface area contributed by atoms with Crippen molar-refractivity contribution in [1.29, 1.82) is 5.26 Å². The van der Waals surface area contributed by atoms with Crippen LogP contribution in [0.15, 0.2) is 12.1 Å². The quantitative estimate of drug-likeness (QED) is 0.621. The lowest BCUT2D eigenvalue weighted by Gasteiger charge is -2.21. The maximum absolute atomic E-state index is 14.0. The standard InChI is InChI=1S/C12H12FN/c1-8-2-5-11-9(6-8)3-4-10(7-14)12(11)13/h3-4,8H,2,5-6H2,1H3/i2D2,6D2. The second-order valence-electron chi connectivity index (χ2n) is 3.31. The minimum atomic E-state index is -1.94. The van der Waals surface area contributed by atoms with Crippen molar-refractivity contribution in [2.24, 2.45) is 5.92 Å². The van der Waals surface area contributed by atoms with Gasteiger partial charge in [-0.15, -0.1) is 0 Å². The Kier molecular flexibility index (Phi) is 1.34. The van der Waals surface area contributed by atoms with E-state index in [0.29, 0.717) is 0 Å². The fourth-order valence-corrected chi connectivity index (χ4v) is 1.56. The van der Waals surface area contributed by atoms with Crippen LogP contribution >= 0.6 is 0 Å². The molecule has 1 atom stereocenters. The molecule has 0 saturated heterocycles. The second kappa shape index (κ2) is 3.42. The van der Waals surface area contributed by atoms with Gasteiger partial charge in [-0.3, -0.25) is 0 Å². The Morgan fingerprint density at radius 3 is 3.14 bits per heavy atom. The second-order valence-corrected chi connectivity index (χ2v) is 3.31. The van der Waals surface area contributed by atoms with Gasteiger partial charge in [0.2, 0.25) is 0 Å². The zero-order valence-corrected chi connectivity index (χ0v) is 7.76. The largest absolute Gasteiger partial charge is 0.205 e. The van der Waals surface area contributed by atoms with Crippen LogP contribution in [0.2, 0.25) is 0 Å². The Morgan fingerprint density at radius 1 is 1.64 bits per heavy atom. The lowest BCUT2D eigenvalue weighted by atomic mass is 9.84. The van der Waals surface area contributed by atoms with Crippen molar-refractivity contribution in [3.63, 3.8) is 0 Å². The number of nitriles is 1. The van der Waals surface area contributed by atoms with Gasteiger partial charge in [-0.25, -0.2) is 4.39 Å². The molecule has 0 aromatic heterocycles. The van der Waals surface area contributed by atoms with E-state index in [1.165, 1.54) is 19.1 Å². The number of halogens is 1. The molecular weight excluding hydrogens is 177 g/mol. The van der Waals surface area contributed by atoms with Crippen LogP contribution in [0.1, 0.15) is 35.5 Å². The Labute approximate surface area is 88.8 Å². The van der Waals surface area contributed by atoms with Crippen molar-refractivity contribution >= 4 is 0 Å². The van der Waals surface area contributed by atoms with E-state index in [4.69, 9.17) is 10.7 Å². The van der Waals surface area contributed by atoms with Crippen molar-refractivity contribution in [2.45, 2.75) is 26.1 Å². The molecular formula is C12H12FN. The maximum Gasteiger partial charge on any atom is 0.144 e. The molecule has 1 nitrogen and oxygen atoms in total. The number of hydrogen-bond acceptors (Lipinski definition) is 1. The molecule has 1 aromatic carbocycles. The monoisotopic (exact) mass is 193 g/mol. The first-order valence-corrected chi connectivity index (χ1v) is 4.44. The van der Waals surface area contributed by atoms with Crippen LogP contribution in [0.3, 0.4) is 0 Å². The van der Waals surface area contributed by atoms with E-state index in [2.05, 4.69) is 0 Å². The van der Waals surface area contributed by atoms with E-state index in [1.54, 1.807) is 6.07 Å².